The van der Waals surface area contributed by atoms with Gasteiger partial charge in [0.25, 0.3) is 0 Å². The van der Waals surface area contributed by atoms with Gasteiger partial charge in [0.2, 0.25) is 5.91 Å². The van der Waals surface area contributed by atoms with E-state index in [1.807, 2.05) is 0 Å². The molecule has 0 aromatic heterocycles. The SMILES string of the molecule is CCCOCCNC(=O)CCCCCCC(C)CCCCC(C)CCCCCCC(=O)CCCCOC. The predicted octanol–water partition coefficient (Wildman–Crippen LogP) is 8.43. The molecule has 1 amide bonds. The second-order valence-electron chi connectivity index (χ2n) is 11.4. The van der Waals surface area contributed by atoms with Gasteiger partial charge in [0, 0.05) is 46.1 Å². The topological polar surface area (TPSA) is 64.6 Å². The van der Waals surface area contributed by atoms with Crippen molar-refractivity contribution in [3.63, 3.8) is 0 Å². The lowest BCUT2D eigenvalue weighted by molar-refractivity contribution is -0.121. The summed E-state index contributed by atoms with van der Waals surface area (Å²) in [4.78, 5) is 23.7. The normalized spacial score (nSPS) is 13.0. The van der Waals surface area contributed by atoms with E-state index in [9.17, 15) is 9.59 Å². The van der Waals surface area contributed by atoms with Gasteiger partial charge >= 0.3 is 0 Å². The fourth-order valence-electron chi connectivity index (χ4n) is 4.87. The van der Waals surface area contributed by atoms with Gasteiger partial charge in [-0.2, -0.15) is 0 Å². The minimum atomic E-state index is 0.166. The summed E-state index contributed by atoms with van der Waals surface area (Å²) in [5.74, 6) is 2.25. The maximum atomic E-state index is 11.9. The molecule has 0 spiro atoms. The molecule has 5 heteroatoms. The first-order valence-corrected chi connectivity index (χ1v) is 15.8. The lowest BCUT2D eigenvalue weighted by Crippen LogP contribution is -2.27. The van der Waals surface area contributed by atoms with Gasteiger partial charge < -0.3 is 14.8 Å². The maximum Gasteiger partial charge on any atom is 0.220 e. The minimum absolute atomic E-state index is 0.166. The summed E-state index contributed by atoms with van der Waals surface area (Å²) in [7, 11) is 1.72. The Morgan fingerprint density at radius 3 is 1.65 bits per heavy atom. The molecule has 0 saturated heterocycles. The molecule has 0 aliphatic heterocycles. The Kier molecular flexibility index (Phi) is 27.4. The number of hydrogen-bond acceptors (Lipinski definition) is 4. The van der Waals surface area contributed by atoms with Gasteiger partial charge in [-0.15, -0.1) is 0 Å². The van der Waals surface area contributed by atoms with Crippen LogP contribution in [0.2, 0.25) is 0 Å². The minimum Gasteiger partial charge on any atom is -0.385 e. The van der Waals surface area contributed by atoms with Crippen molar-refractivity contribution >= 4 is 11.7 Å². The van der Waals surface area contributed by atoms with Crippen LogP contribution >= 0.6 is 0 Å². The third kappa shape index (κ3) is 27.9. The van der Waals surface area contributed by atoms with Crippen LogP contribution in [0.25, 0.3) is 0 Å². The first-order chi connectivity index (χ1) is 18.0. The van der Waals surface area contributed by atoms with Crippen molar-refractivity contribution < 1.29 is 19.1 Å². The largest absolute Gasteiger partial charge is 0.385 e. The molecule has 0 saturated carbocycles. The van der Waals surface area contributed by atoms with Crippen molar-refractivity contribution in [2.45, 2.75) is 149 Å². The molecule has 2 atom stereocenters. The Labute approximate surface area is 230 Å². The fourth-order valence-corrected chi connectivity index (χ4v) is 4.87. The number of nitrogens with one attached hydrogen (secondary N) is 1. The maximum absolute atomic E-state index is 11.9. The molecule has 37 heavy (non-hydrogen) atoms. The Morgan fingerprint density at radius 2 is 1.11 bits per heavy atom. The molecule has 0 aromatic rings. The number of Topliss-reactive ketones (excluding diaryl/α,β-unsaturated/α-hetero) is 1. The first-order valence-electron chi connectivity index (χ1n) is 15.8. The van der Waals surface area contributed by atoms with Crippen molar-refractivity contribution in [3.05, 3.63) is 0 Å². The molecule has 0 radical (unpaired) electrons. The number of carbonyl (C=O) groups excluding carboxylic acids is 2. The van der Waals surface area contributed by atoms with Crippen LogP contribution in [0.1, 0.15) is 149 Å². The van der Waals surface area contributed by atoms with Crippen LogP contribution < -0.4 is 5.32 Å². The van der Waals surface area contributed by atoms with Crippen LogP contribution in [0.15, 0.2) is 0 Å². The third-order valence-electron chi connectivity index (χ3n) is 7.37. The predicted molar refractivity (Wildman–Crippen MR) is 157 cm³/mol. The molecular formula is C32H63NO4. The van der Waals surface area contributed by atoms with Crippen LogP contribution in [-0.2, 0) is 19.1 Å². The Morgan fingerprint density at radius 1 is 0.622 bits per heavy atom. The number of ketones is 1. The summed E-state index contributed by atoms with van der Waals surface area (Å²) in [5, 5.41) is 2.94. The third-order valence-corrected chi connectivity index (χ3v) is 7.37. The highest BCUT2D eigenvalue weighted by Crippen LogP contribution is 2.21. The van der Waals surface area contributed by atoms with Gasteiger partial charge in [-0.05, 0) is 43.9 Å². The summed E-state index contributed by atoms with van der Waals surface area (Å²) < 4.78 is 10.4. The lowest BCUT2D eigenvalue weighted by Gasteiger charge is -2.13. The summed E-state index contributed by atoms with van der Waals surface area (Å²) in [6.45, 7) is 9.70. The van der Waals surface area contributed by atoms with E-state index in [0.717, 1.165) is 76.4 Å². The summed E-state index contributed by atoms with van der Waals surface area (Å²) in [6, 6.07) is 0. The van der Waals surface area contributed by atoms with Gasteiger partial charge in [-0.3, -0.25) is 9.59 Å². The molecule has 0 aliphatic carbocycles. The molecule has 0 fully saturated rings. The zero-order chi connectivity index (χ0) is 27.4. The van der Waals surface area contributed by atoms with Gasteiger partial charge in [-0.25, -0.2) is 0 Å². The zero-order valence-corrected chi connectivity index (χ0v) is 25.3. The number of carbonyl (C=O) groups is 2. The highest BCUT2D eigenvalue weighted by atomic mass is 16.5. The molecule has 220 valence electrons. The van der Waals surface area contributed by atoms with Gasteiger partial charge in [0.15, 0.2) is 0 Å². The van der Waals surface area contributed by atoms with Crippen LogP contribution in [0.5, 0.6) is 0 Å². The second-order valence-corrected chi connectivity index (χ2v) is 11.4. The smallest absolute Gasteiger partial charge is 0.220 e. The molecule has 0 heterocycles. The second kappa shape index (κ2) is 28.1. The summed E-state index contributed by atoms with van der Waals surface area (Å²) >= 11 is 0. The average molecular weight is 526 g/mol. The summed E-state index contributed by atoms with van der Waals surface area (Å²) in [5.41, 5.74) is 0. The van der Waals surface area contributed by atoms with E-state index in [-0.39, 0.29) is 5.91 Å². The molecular weight excluding hydrogens is 462 g/mol. The number of rotatable bonds is 29. The lowest BCUT2D eigenvalue weighted by atomic mass is 9.93. The van der Waals surface area contributed by atoms with Gasteiger partial charge in [0.05, 0.1) is 6.61 Å². The highest BCUT2D eigenvalue weighted by Gasteiger charge is 2.07. The number of ether oxygens (including phenoxy) is 2. The van der Waals surface area contributed by atoms with Crippen LogP contribution in [0.4, 0.5) is 0 Å². The summed E-state index contributed by atoms with van der Waals surface area (Å²) in [6.07, 6.45) is 22.8. The number of methoxy groups -OCH3 is 1. The highest BCUT2D eigenvalue weighted by molar-refractivity contribution is 5.78. The fraction of sp³-hybridized carbons (Fsp3) is 0.938. The van der Waals surface area contributed by atoms with E-state index in [1.54, 1.807) is 7.11 Å². The molecule has 0 bridgehead atoms. The number of hydrogen-bond donors (Lipinski definition) is 1. The number of amides is 1. The van der Waals surface area contributed by atoms with Gasteiger partial charge in [0.1, 0.15) is 5.78 Å². The van der Waals surface area contributed by atoms with E-state index in [4.69, 9.17) is 9.47 Å². The molecule has 2 unspecified atom stereocenters. The van der Waals surface area contributed by atoms with Crippen LogP contribution in [-0.4, -0.2) is 45.2 Å². The monoisotopic (exact) mass is 525 g/mol. The van der Waals surface area contributed by atoms with E-state index >= 15 is 0 Å². The first kappa shape index (κ1) is 36.1. The Bertz CT molecular complexity index is 511. The van der Waals surface area contributed by atoms with E-state index in [0.29, 0.717) is 25.4 Å². The number of unbranched alkanes of at least 4 members (excludes halogenated alkanes) is 8. The molecule has 0 rings (SSSR count). The van der Waals surface area contributed by atoms with Crippen LogP contribution in [0, 0.1) is 11.8 Å². The van der Waals surface area contributed by atoms with Gasteiger partial charge in [-0.1, -0.05) is 97.8 Å². The standard InChI is InChI=1S/C32H63NO4/c1-5-26-37-28-25-33-32(35)24-13-9-7-11-19-30(3)21-15-14-20-29(2)18-10-6-8-12-22-31(34)23-16-17-27-36-4/h29-30H,5-28H2,1-4H3,(H,33,35). The Balaban J connectivity index is 3.42. The molecule has 0 aromatic carbocycles. The zero-order valence-electron chi connectivity index (χ0n) is 25.3. The van der Waals surface area contributed by atoms with Crippen molar-refractivity contribution in [1.82, 2.24) is 5.32 Å². The quantitative estimate of drug-likeness (QED) is 0.0995. The van der Waals surface area contributed by atoms with Crippen molar-refractivity contribution in [2.24, 2.45) is 11.8 Å². The van der Waals surface area contributed by atoms with Crippen molar-refractivity contribution in [1.29, 1.82) is 0 Å². The van der Waals surface area contributed by atoms with E-state index in [1.165, 1.54) is 70.6 Å². The Hall–Kier alpha value is -0.940. The van der Waals surface area contributed by atoms with Crippen LogP contribution in [0.3, 0.4) is 0 Å². The average Bonchev–Trinajstić information content (AvgIpc) is 2.88. The van der Waals surface area contributed by atoms with Crippen molar-refractivity contribution in [3.8, 4) is 0 Å². The van der Waals surface area contributed by atoms with Crippen molar-refractivity contribution in [2.75, 3.05) is 33.5 Å². The molecule has 0 aliphatic rings. The van der Waals surface area contributed by atoms with E-state index < -0.39 is 0 Å². The molecule has 1 N–H and O–H groups in total. The molecule has 5 nitrogen and oxygen atoms in total. The van der Waals surface area contributed by atoms with E-state index in [2.05, 4.69) is 26.1 Å².